The Morgan fingerprint density at radius 3 is 2.39 bits per heavy atom. The largest absolute Gasteiger partial charge is 0.478 e. The smallest absolute Gasteiger partial charge is 0.200 e. The number of aromatic nitrogens is 3. The van der Waals surface area contributed by atoms with Gasteiger partial charge in [0.15, 0.2) is 5.60 Å². The second-order valence-electron chi connectivity index (χ2n) is 6.77. The molecule has 1 unspecified atom stereocenters. The van der Waals surface area contributed by atoms with Crippen LogP contribution in [0, 0.1) is 0 Å². The molecule has 146 valence electrons. The Labute approximate surface area is 178 Å². The van der Waals surface area contributed by atoms with E-state index in [1.807, 2.05) is 12.1 Å². The number of carbonyl (C=O) groups excluding carboxylic acids is 1. The van der Waals surface area contributed by atoms with Crippen molar-refractivity contribution in [3.8, 4) is 5.75 Å². The van der Waals surface area contributed by atoms with Crippen LogP contribution in [-0.4, -0.2) is 26.1 Å². The minimum Gasteiger partial charge on any atom is -0.478 e. The standard InChI is InChI=1S/C20H18Cl3N3O2/c1-20(2,28-18-8-7-15(22)10-16(18)23)19(27)17(26-12-24-11-25-26)9-13-3-5-14(21)6-4-13/h3-8,10-12,17H,9H2,1-2H3. The van der Waals surface area contributed by atoms with Gasteiger partial charge in [-0.25, -0.2) is 9.67 Å². The van der Waals surface area contributed by atoms with Gasteiger partial charge in [0.05, 0.1) is 5.02 Å². The molecule has 0 amide bonds. The summed E-state index contributed by atoms with van der Waals surface area (Å²) in [6, 6.07) is 11.6. The number of nitrogens with zero attached hydrogens (tertiary/aromatic N) is 3. The van der Waals surface area contributed by atoms with Crippen molar-refractivity contribution in [1.29, 1.82) is 0 Å². The number of ether oxygens (including phenoxy) is 1. The first-order valence-electron chi connectivity index (χ1n) is 8.53. The summed E-state index contributed by atoms with van der Waals surface area (Å²) in [7, 11) is 0. The number of hydrogen-bond donors (Lipinski definition) is 0. The van der Waals surface area contributed by atoms with Crippen molar-refractivity contribution in [2.45, 2.75) is 31.9 Å². The zero-order valence-electron chi connectivity index (χ0n) is 15.3. The molecule has 1 heterocycles. The second-order valence-corrected chi connectivity index (χ2v) is 8.05. The maximum absolute atomic E-state index is 13.4. The fourth-order valence-corrected chi connectivity index (χ4v) is 3.39. The Morgan fingerprint density at radius 2 is 1.79 bits per heavy atom. The van der Waals surface area contributed by atoms with Crippen LogP contribution >= 0.6 is 34.8 Å². The van der Waals surface area contributed by atoms with E-state index < -0.39 is 11.6 Å². The van der Waals surface area contributed by atoms with Crippen LogP contribution in [0.4, 0.5) is 0 Å². The summed E-state index contributed by atoms with van der Waals surface area (Å²) in [5.74, 6) is 0.215. The SMILES string of the molecule is CC(C)(Oc1ccc(Cl)cc1Cl)C(=O)C(Cc1ccc(Cl)cc1)n1cncn1. The van der Waals surface area contributed by atoms with E-state index in [4.69, 9.17) is 39.5 Å². The monoisotopic (exact) mass is 437 g/mol. The molecule has 0 aliphatic carbocycles. The molecule has 0 saturated carbocycles. The van der Waals surface area contributed by atoms with Crippen LogP contribution in [-0.2, 0) is 11.2 Å². The molecule has 0 saturated heterocycles. The molecule has 5 nitrogen and oxygen atoms in total. The van der Waals surface area contributed by atoms with Crippen molar-refractivity contribution >= 4 is 40.6 Å². The van der Waals surface area contributed by atoms with Crippen LogP contribution in [0.5, 0.6) is 5.75 Å². The van der Waals surface area contributed by atoms with Gasteiger partial charge in [-0.1, -0.05) is 46.9 Å². The molecule has 0 bridgehead atoms. The molecule has 3 aromatic rings. The second kappa shape index (κ2) is 8.52. The normalized spacial score (nSPS) is 12.6. The van der Waals surface area contributed by atoms with Gasteiger partial charge in [0, 0.05) is 16.5 Å². The van der Waals surface area contributed by atoms with Gasteiger partial charge in [0.2, 0.25) is 5.78 Å². The Balaban J connectivity index is 1.87. The number of carbonyl (C=O) groups is 1. The highest BCUT2D eigenvalue weighted by Crippen LogP contribution is 2.32. The van der Waals surface area contributed by atoms with Gasteiger partial charge in [-0.05, 0) is 49.7 Å². The summed E-state index contributed by atoms with van der Waals surface area (Å²) in [6.45, 7) is 3.40. The number of hydrogen-bond acceptors (Lipinski definition) is 4. The van der Waals surface area contributed by atoms with Crippen LogP contribution in [0.15, 0.2) is 55.1 Å². The Morgan fingerprint density at radius 1 is 1.11 bits per heavy atom. The number of halogens is 3. The molecule has 0 aliphatic heterocycles. The summed E-state index contributed by atoms with van der Waals surface area (Å²) < 4.78 is 7.50. The maximum Gasteiger partial charge on any atom is 0.200 e. The summed E-state index contributed by atoms with van der Waals surface area (Å²) in [4.78, 5) is 17.4. The summed E-state index contributed by atoms with van der Waals surface area (Å²) in [5.41, 5.74) is -0.223. The van der Waals surface area contributed by atoms with Crippen LogP contribution in [0.3, 0.4) is 0 Å². The number of rotatable bonds is 7. The molecular weight excluding hydrogens is 421 g/mol. The van der Waals surface area contributed by atoms with E-state index in [9.17, 15) is 4.79 Å². The van der Waals surface area contributed by atoms with Crippen molar-refractivity contribution in [3.05, 3.63) is 75.8 Å². The Kier molecular flexibility index (Phi) is 6.28. The van der Waals surface area contributed by atoms with Gasteiger partial charge in [0.25, 0.3) is 0 Å². The fourth-order valence-electron chi connectivity index (χ4n) is 2.81. The van der Waals surface area contributed by atoms with Crippen LogP contribution in [0.25, 0.3) is 0 Å². The molecule has 3 rings (SSSR count). The van der Waals surface area contributed by atoms with Crippen molar-refractivity contribution in [1.82, 2.24) is 14.8 Å². The van der Waals surface area contributed by atoms with Crippen molar-refractivity contribution in [2.24, 2.45) is 0 Å². The average molecular weight is 439 g/mol. The first-order valence-corrected chi connectivity index (χ1v) is 9.66. The number of benzene rings is 2. The van der Waals surface area contributed by atoms with Crippen molar-refractivity contribution < 1.29 is 9.53 Å². The van der Waals surface area contributed by atoms with E-state index in [0.29, 0.717) is 27.2 Å². The molecule has 28 heavy (non-hydrogen) atoms. The topological polar surface area (TPSA) is 57.0 Å². The molecule has 0 radical (unpaired) electrons. The maximum atomic E-state index is 13.4. The molecular formula is C20H18Cl3N3O2. The molecule has 2 aromatic carbocycles. The van der Waals surface area contributed by atoms with Crippen LogP contribution in [0.1, 0.15) is 25.5 Å². The molecule has 0 aliphatic rings. The Bertz CT molecular complexity index is 957. The summed E-state index contributed by atoms with van der Waals surface area (Å²) in [5, 5.41) is 5.62. The molecule has 0 fully saturated rings. The fraction of sp³-hybridized carbons (Fsp3) is 0.250. The molecule has 0 N–H and O–H groups in total. The van der Waals surface area contributed by atoms with Crippen LogP contribution < -0.4 is 4.74 Å². The summed E-state index contributed by atoms with van der Waals surface area (Å²) in [6.07, 6.45) is 3.33. The van der Waals surface area contributed by atoms with E-state index >= 15 is 0 Å². The zero-order valence-corrected chi connectivity index (χ0v) is 17.5. The van der Waals surface area contributed by atoms with Gasteiger partial charge in [-0.2, -0.15) is 5.10 Å². The predicted octanol–water partition coefficient (Wildman–Crippen LogP) is 5.45. The Hall–Kier alpha value is -2.08. The lowest BCUT2D eigenvalue weighted by atomic mass is 9.92. The van der Waals surface area contributed by atoms with Gasteiger partial charge < -0.3 is 4.74 Å². The van der Waals surface area contributed by atoms with E-state index in [-0.39, 0.29) is 5.78 Å². The van der Waals surface area contributed by atoms with Gasteiger partial charge >= 0.3 is 0 Å². The lowest BCUT2D eigenvalue weighted by Crippen LogP contribution is -2.44. The lowest BCUT2D eigenvalue weighted by molar-refractivity contribution is -0.135. The minimum atomic E-state index is -1.17. The molecule has 1 atom stereocenters. The highest BCUT2D eigenvalue weighted by molar-refractivity contribution is 6.35. The number of ketones is 1. The third-order valence-electron chi connectivity index (χ3n) is 4.25. The quantitative estimate of drug-likeness (QED) is 0.492. The van der Waals surface area contributed by atoms with E-state index in [1.165, 1.54) is 17.3 Å². The molecule has 1 aromatic heterocycles. The molecule has 8 heteroatoms. The predicted molar refractivity (Wildman–Crippen MR) is 110 cm³/mol. The van der Waals surface area contributed by atoms with E-state index in [2.05, 4.69) is 10.1 Å². The lowest BCUT2D eigenvalue weighted by Gasteiger charge is -2.29. The summed E-state index contributed by atoms with van der Waals surface area (Å²) >= 11 is 18.1. The average Bonchev–Trinajstić information content (AvgIpc) is 3.17. The van der Waals surface area contributed by atoms with E-state index in [0.717, 1.165) is 5.56 Å². The van der Waals surface area contributed by atoms with Gasteiger partial charge in [-0.3, -0.25) is 4.79 Å². The number of Topliss-reactive ketones (excluding diaryl/α,β-unsaturated/α-hetero) is 1. The van der Waals surface area contributed by atoms with E-state index in [1.54, 1.807) is 44.2 Å². The van der Waals surface area contributed by atoms with Gasteiger partial charge in [-0.15, -0.1) is 0 Å². The molecule has 0 spiro atoms. The van der Waals surface area contributed by atoms with Crippen molar-refractivity contribution in [3.63, 3.8) is 0 Å². The zero-order chi connectivity index (χ0) is 20.3. The first kappa shape index (κ1) is 20.6. The van der Waals surface area contributed by atoms with Crippen LogP contribution in [0.2, 0.25) is 15.1 Å². The van der Waals surface area contributed by atoms with Gasteiger partial charge in [0.1, 0.15) is 24.4 Å². The minimum absolute atomic E-state index is 0.168. The third-order valence-corrected chi connectivity index (χ3v) is 5.04. The highest BCUT2D eigenvalue weighted by atomic mass is 35.5. The highest BCUT2D eigenvalue weighted by Gasteiger charge is 2.37. The third kappa shape index (κ3) is 4.85. The van der Waals surface area contributed by atoms with Crippen molar-refractivity contribution in [2.75, 3.05) is 0 Å². The first-order chi connectivity index (χ1) is 13.3.